The van der Waals surface area contributed by atoms with Gasteiger partial charge in [-0.1, -0.05) is 31.2 Å². The number of hydrogen-bond donors (Lipinski definition) is 4. The third-order valence-electron chi connectivity index (χ3n) is 4.40. The van der Waals surface area contributed by atoms with Crippen molar-refractivity contribution in [3.8, 4) is 0 Å². The topological polar surface area (TPSA) is 89.8 Å². The van der Waals surface area contributed by atoms with Crippen LogP contribution in [-0.4, -0.2) is 21.9 Å². The summed E-state index contributed by atoms with van der Waals surface area (Å²) in [4.78, 5) is 29.1. The molecule has 0 saturated carbocycles. The number of carbonyl (C=O) groups excluding carboxylic acids is 1. The highest BCUT2D eigenvalue weighted by molar-refractivity contribution is 5.91. The molecule has 1 atom stereocenters. The smallest absolute Gasteiger partial charge is 0.323 e. The minimum Gasteiger partial charge on any atom is -0.326 e. The van der Waals surface area contributed by atoms with Crippen LogP contribution < -0.4 is 16.3 Å². The van der Waals surface area contributed by atoms with Crippen LogP contribution in [0.1, 0.15) is 31.4 Å². The average molecular weight is 352 g/mol. The standard InChI is InChI=1S/C20H24N4O2/c1-3-15-6-4-5-7-16(15)22-19(25)10-13(2)21-12-14-8-9-17-18(11-14)24-20(26)23-17/h4-9,11,13,21H,3,10,12H2,1-2H3,(H,22,25)(H2,23,24,26)/t13-/m1/s1. The summed E-state index contributed by atoms with van der Waals surface area (Å²) < 4.78 is 0. The molecule has 136 valence electrons. The zero-order valence-electron chi connectivity index (χ0n) is 15.1. The third-order valence-corrected chi connectivity index (χ3v) is 4.40. The molecule has 0 spiro atoms. The van der Waals surface area contributed by atoms with Gasteiger partial charge in [-0.2, -0.15) is 0 Å². The van der Waals surface area contributed by atoms with Crippen LogP contribution in [0.15, 0.2) is 47.3 Å². The molecule has 0 bridgehead atoms. The summed E-state index contributed by atoms with van der Waals surface area (Å²) in [5.41, 5.74) is 4.44. The van der Waals surface area contributed by atoms with Crippen LogP contribution in [0.25, 0.3) is 11.0 Å². The van der Waals surface area contributed by atoms with Crippen molar-refractivity contribution in [1.29, 1.82) is 0 Å². The SMILES string of the molecule is CCc1ccccc1NC(=O)C[C@@H](C)NCc1ccc2[nH]c(=O)[nH]c2c1. The molecule has 1 heterocycles. The van der Waals surface area contributed by atoms with Gasteiger partial charge in [0.05, 0.1) is 11.0 Å². The molecule has 6 nitrogen and oxygen atoms in total. The molecule has 1 amide bonds. The van der Waals surface area contributed by atoms with E-state index in [1.54, 1.807) is 0 Å². The van der Waals surface area contributed by atoms with Crippen LogP contribution in [0.4, 0.5) is 5.69 Å². The van der Waals surface area contributed by atoms with Crippen molar-refractivity contribution >= 4 is 22.6 Å². The number of hydrogen-bond acceptors (Lipinski definition) is 3. The van der Waals surface area contributed by atoms with Crippen molar-refractivity contribution in [3.63, 3.8) is 0 Å². The number of aromatic amines is 2. The maximum atomic E-state index is 12.3. The predicted molar refractivity (Wildman–Crippen MR) is 104 cm³/mol. The van der Waals surface area contributed by atoms with Gasteiger partial charge in [0.2, 0.25) is 5.91 Å². The Kier molecular flexibility index (Phi) is 5.53. The van der Waals surface area contributed by atoms with Crippen LogP contribution in [0, 0.1) is 0 Å². The van der Waals surface area contributed by atoms with Crippen molar-refractivity contribution in [2.24, 2.45) is 0 Å². The molecule has 3 rings (SSSR count). The summed E-state index contributed by atoms with van der Waals surface area (Å²) in [6.45, 7) is 4.69. The molecule has 0 aliphatic carbocycles. The average Bonchev–Trinajstić information content (AvgIpc) is 2.99. The van der Waals surface area contributed by atoms with Gasteiger partial charge in [0, 0.05) is 24.7 Å². The maximum absolute atomic E-state index is 12.3. The minimum atomic E-state index is -0.206. The molecule has 26 heavy (non-hydrogen) atoms. The van der Waals surface area contributed by atoms with Gasteiger partial charge in [0.15, 0.2) is 0 Å². The van der Waals surface area contributed by atoms with Gasteiger partial charge in [-0.3, -0.25) is 4.79 Å². The molecule has 0 radical (unpaired) electrons. The molecule has 0 aliphatic rings. The fraction of sp³-hybridized carbons (Fsp3) is 0.300. The molecule has 0 fully saturated rings. The first-order valence-corrected chi connectivity index (χ1v) is 8.87. The third kappa shape index (κ3) is 4.40. The monoisotopic (exact) mass is 352 g/mol. The number of fused-ring (bicyclic) bond motifs is 1. The second-order valence-corrected chi connectivity index (χ2v) is 6.50. The summed E-state index contributed by atoms with van der Waals surface area (Å²) in [6, 6.07) is 13.7. The molecule has 0 unspecified atom stereocenters. The van der Waals surface area contributed by atoms with E-state index in [9.17, 15) is 9.59 Å². The van der Waals surface area contributed by atoms with Crippen molar-refractivity contribution in [3.05, 3.63) is 64.1 Å². The Hall–Kier alpha value is -2.86. The van der Waals surface area contributed by atoms with Crippen molar-refractivity contribution < 1.29 is 4.79 Å². The molecule has 1 aromatic heterocycles. The largest absolute Gasteiger partial charge is 0.326 e. The van der Waals surface area contributed by atoms with E-state index >= 15 is 0 Å². The molecule has 4 N–H and O–H groups in total. The van der Waals surface area contributed by atoms with Gasteiger partial charge in [0.25, 0.3) is 0 Å². The van der Waals surface area contributed by atoms with Crippen LogP contribution in [0.5, 0.6) is 0 Å². The first-order valence-electron chi connectivity index (χ1n) is 8.87. The number of aryl methyl sites for hydroxylation is 1. The lowest BCUT2D eigenvalue weighted by atomic mass is 10.1. The summed E-state index contributed by atoms with van der Waals surface area (Å²) in [5.74, 6) is -0.00341. The Labute approximate surface area is 152 Å². The normalized spacial score (nSPS) is 12.2. The lowest BCUT2D eigenvalue weighted by molar-refractivity contribution is -0.116. The van der Waals surface area contributed by atoms with Crippen LogP contribution >= 0.6 is 0 Å². The number of anilines is 1. The van der Waals surface area contributed by atoms with Crippen LogP contribution in [-0.2, 0) is 17.8 Å². The van der Waals surface area contributed by atoms with Gasteiger partial charge in [-0.25, -0.2) is 4.79 Å². The zero-order chi connectivity index (χ0) is 18.5. The van der Waals surface area contributed by atoms with Gasteiger partial charge in [0.1, 0.15) is 0 Å². The van der Waals surface area contributed by atoms with Crippen molar-refractivity contribution in [2.75, 3.05) is 5.32 Å². The fourth-order valence-corrected chi connectivity index (χ4v) is 2.98. The second kappa shape index (κ2) is 8.01. The maximum Gasteiger partial charge on any atom is 0.323 e. The first kappa shape index (κ1) is 17.9. The second-order valence-electron chi connectivity index (χ2n) is 6.50. The summed E-state index contributed by atoms with van der Waals surface area (Å²) in [7, 11) is 0. The van der Waals surface area contributed by atoms with E-state index in [0.717, 1.165) is 34.3 Å². The van der Waals surface area contributed by atoms with Gasteiger partial charge >= 0.3 is 5.69 Å². The van der Waals surface area contributed by atoms with Gasteiger partial charge in [-0.05, 0) is 42.7 Å². The fourth-order valence-electron chi connectivity index (χ4n) is 2.98. The summed E-state index contributed by atoms with van der Waals surface area (Å²) in [6.07, 6.45) is 1.27. The highest BCUT2D eigenvalue weighted by atomic mass is 16.1. The van der Waals surface area contributed by atoms with Gasteiger partial charge < -0.3 is 20.6 Å². The summed E-state index contributed by atoms with van der Waals surface area (Å²) >= 11 is 0. The molecule has 6 heteroatoms. The van der Waals surface area contributed by atoms with E-state index < -0.39 is 0 Å². The van der Waals surface area contributed by atoms with Crippen LogP contribution in [0.3, 0.4) is 0 Å². The molecule has 3 aromatic rings. The Morgan fingerprint density at radius 2 is 1.88 bits per heavy atom. The van der Waals surface area contributed by atoms with E-state index in [1.807, 2.05) is 49.4 Å². The number of rotatable bonds is 7. The van der Waals surface area contributed by atoms with Crippen molar-refractivity contribution in [1.82, 2.24) is 15.3 Å². The highest BCUT2D eigenvalue weighted by Crippen LogP contribution is 2.16. The Bertz CT molecular complexity index is 958. The van der Waals surface area contributed by atoms with E-state index in [1.165, 1.54) is 0 Å². The molecule has 0 saturated heterocycles. The number of imidazole rings is 1. The zero-order valence-corrected chi connectivity index (χ0v) is 15.1. The number of nitrogens with one attached hydrogen (secondary N) is 4. The predicted octanol–water partition coefficient (Wildman–Crippen LogP) is 2.93. The number of benzene rings is 2. The highest BCUT2D eigenvalue weighted by Gasteiger charge is 2.11. The minimum absolute atomic E-state index is 0.00341. The number of para-hydroxylation sites is 1. The Morgan fingerprint density at radius 1 is 1.12 bits per heavy atom. The Morgan fingerprint density at radius 3 is 2.69 bits per heavy atom. The number of carbonyl (C=O) groups is 1. The quantitative estimate of drug-likeness (QED) is 0.527. The van der Waals surface area contributed by atoms with Gasteiger partial charge in [-0.15, -0.1) is 0 Å². The van der Waals surface area contributed by atoms with E-state index in [4.69, 9.17) is 0 Å². The lowest BCUT2D eigenvalue weighted by Gasteiger charge is -2.15. The first-order chi connectivity index (χ1) is 12.5. The molecule has 2 aromatic carbocycles. The Balaban J connectivity index is 1.53. The van der Waals surface area contributed by atoms with E-state index in [-0.39, 0.29) is 17.6 Å². The number of H-pyrrole nitrogens is 2. The van der Waals surface area contributed by atoms with E-state index in [2.05, 4.69) is 27.5 Å². The number of amides is 1. The number of aromatic nitrogens is 2. The summed E-state index contributed by atoms with van der Waals surface area (Å²) in [5, 5.41) is 6.35. The molecule has 0 aliphatic heterocycles. The van der Waals surface area contributed by atoms with Crippen molar-refractivity contribution in [2.45, 2.75) is 39.3 Å². The molecular formula is C20H24N4O2. The molecular weight excluding hydrogens is 328 g/mol. The van der Waals surface area contributed by atoms with Crippen LogP contribution in [0.2, 0.25) is 0 Å². The van der Waals surface area contributed by atoms with E-state index in [0.29, 0.717) is 13.0 Å². The lowest BCUT2D eigenvalue weighted by Crippen LogP contribution is -2.30.